The molecule has 0 aliphatic carbocycles. The molecule has 6 heteroatoms. The molecule has 1 fully saturated rings. The molecular weight excluding hydrogens is 230 g/mol. The smallest absolute Gasteiger partial charge is 0.327 e. The van der Waals surface area contributed by atoms with Gasteiger partial charge in [0.25, 0.3) is 0 Å². The largest absolute Gasteiger partial charge is 0.480 e. The van der Waals surface area contributed by atoms with E-state index in [2.05, 4.69) is 5.32 Å². The Morgan fingerprint density at radius 1 is 1.62 bits per heavy atom. The Morgan fingerprint density at radius 2 is 2.38 bits per heavy atom. The second-order valence-electron chi connectivity index (χ2n) is 3.76. The molecule has 1 heterocycles. The summed E-state index contributed by atoms with van der Waals surface area (Å²) in [5, 5.41) is 11.3. The molecule has 0 bridgehead atoms. The van der Waals surface area contributed by atoms with Crippen molar-refractivity contribution in [2.75, 3.05) is 18.1 Å². The van der Waals surface area contributed by atoms with E-state index in [0.29, 0.717) is 5.75 Å². The molecule has 5 nitrogen and oxygen atoms in total. The predicted molar refractivity (Wildman–Crippen MR) is 61.5 cm³/mol. The molecule has 92 valence electrons. The van der Waals surface area contributed by atoms with Crippen LogP contribution >= 0.6 is 11.8 Å². The number of hydrogen-bond acceptors (Lipinski definition) is 4. The third kappa shape index (κ3) is 4.85. The molecule has 0 aromatic heterocycles. The van der Waals surface area contributed by atoms with E-state index >= 15 is 0 Å². The molecule has 0 radical (unpaired) electrons. The van der Waals surface area contributed by atoms with Gasteiger partial charge in [-0.2, -0.15) is 11.8 Å². The summed E-state index contributed by atoms with van der Waals surface area (Å²) in [6, 6.07) is -0.802. The average molecular weight is 247 g/mol. The Balaban J connectivity index is 2.21. The maximum absolute atomic E-state index is 10.8. The zero-order valence-corrected chi connectivity index (χ0v) is 10.1. The zero-order chi connectivity index (χ0) is 12.0. The van der Waals surface area contributed by atoms with Gasteiger partial charge in [0.15, 0.2) is 0 Å². The normalized spacial score (nSPS) is 21.7. The first kappa shape index (κ1) is 13.3. The number of amides is 1. The van der Waals surface area contributed by atoms with E-state index in [-0.39, 0.29) is 12.0 Å². The van der Waals surface area contributed by atoms with E-state index in [1.165, 1.54) is 18.7 Å². The molecule has 2 N–H and O–H groups in total. The lowest BCUT2D eigenvalue weighted by Gasteiger charge is -2.14. The van der Waals surface area contributed by atoms with Crippen LogP contribution in [0, 0.1) is 0 Å². The Bertz CT molecular complexity index is 253. The fourth-order valence-corrected chi connectivity index (χ4v) is 2.64. The molecule has 0 aromatic carbocycles. The second-order valence-corrected chi connectivity index (χ2v) is 4.84. The molecule has 1 rings (SSSR count). The van der Waals surface area contributed by atoms with E-state index in [4.69, 9.17) is 9.84 Å². The molecule has 2 atom stereocenters. The highest BCUT2D eigenvalue weighted by molar-refractivity contribution is 7.99. The van der Waals surface area contributed by atoms with Crippen molar-refractivity contribution in [3.05, 3.63) is 0 Å². The fraction of sp³-hybridized carbons (Fsp3) is 0.800. The van der Waals surface area contributed by atoms with Gasteiger partial charge >= 0.3 is 5.97 Å². The highest BCUT2D eigenvalue weighted by Gasteiger charge is 2.20. The van der Waals surface area contributed by atoms with Crippen molar-refractivity contribution in [3.8, 4) is 0 Å². The predicted octanol–water partition coefficient (Wildman–Crippen LogP) is 0.488. The number of rotatable bonds is 6. The highest BCUT2D eigenvalue weighted by Crippen LogP contribution is 2.17. The van der Waals surface area contributed by atoms with E-state index in [0.717, 1.165) is 25.2 Å². The molecule has 0 saturated carbocycles. The molecule has 1 saturated heterocycles. The van der Waals surface area contributed by atoms with Gasteiger partial charge < -0.3 is 15.2 Å². The zero-order valence-electron chi connectivity index (χ0n) is 9.27. The lowest BCUT2D eigenvalue weighted by atomic mass is 10.3. The summed E-state index contributed by atoms with van der Waals surface area (Å²) >= 11 is 1.51. The van der Waals surface area contributed by atoms with Crippen molar-refractivity contribution < 1.29 is 19.4 Å². The Hall–Kier alpha value is -0.750. The lowest BCUT2D eigenvalue weighted by Crippen LogP contribution is -2.41. The molecule has 1 unspecified atom stereocenters. The van der Waals surface area contributed by atoms with Gasteiger partial charge in [0, 0.05) is 25.0 Å². The van der Waals surface area contributed by atoms with E-state index in [9.17, 15) is 9.59 Å². The first-order chi connectivity index (χ1) is 7.59. The van der Waals surface area contributed by atoms with E-state index in [1.54, 1.807) is 0 Å². The quantitative estimate of drug-likeness (QED) is 0.714. The van der Waals surface area contributed by atoms with Crippen molar-refractivity contribution in [1.29, 1.82) is 0 Å². The summed E-state index contributed by atoms with van der Waals surface area (Å²) in [5.74, 6) is -0.127. The second kappa shape index (κ2) is 6.75. The highest BCUT2D eigenvalue weighted by atomic mass is 32.2. The maximum atomic E-state index is 10.8. The third-order valence-electron chi connectivity index (χ3n) is 2.29. The summed E-state index contributed by atoms with van der Waals surface area (Å²) in [6.45, 7) is 2.12. The number of aliphatic carboxylic acids is 1. The van der Waals surface area contributed by atoms with Crippen LogP contribution in [0.2, 0.25) is 0 Å². The Morgan fingerprint density at radius 3 is 2.88 bits per heavy atom. The first-order valence-electron chi connectivity index (χ1n) is 5.29. The van der Waals surface area contributed by atoms with Crippen LogP contribution in [0.1, 0.15) is 19.8 Å². The van der Waals surface area contributed by atoms with Gasteiger partial charge in [0.2, 0.25) is 5.91 Å². The average Bonchev–Trinajstić information content (AvgIpc) is 2.68. The van der Waals surface area contributed by atoms with Gasteiger partial charge in [0.05, 0.1) is 6.10 Å². The summed E-state index contributed by atoms with van der Waals surface area (Å²) < 4.78 is 5.42. The van der Waals surface area contributed by atoms with Gasteiger partial charge in [-0.25, -0.2) is 4.79 Å². The van der Waals surface area contributed by atoms with E-state index < -0.39 is 12.0 Å². The van der Waals surface area contributed by atoms with E-state index in [1.807, 2.05) is 0 Å². The standard InChI is InChI=1S/C10H17NO4S/c1-7(12)11-9(10(13)14)6-16-5-8-3-2-4-15-8/h8-9H,2-6H2,1H3,(H,11,12)(H,13,14)/t8?,9-/m0/s1. The number of carbonyl (C=O) groups is 2. The molecule has 0 spiro atoms. The minimum Gasteiger partial charge on any atom is -0.480 e. The van der Waals surface area contributed by atoms with Crippen molar-refractivity contribution in [2.45, 2.75) is 31.9 Å². The number of carboxylic acids is 1. The topological polar surface area (TPSA) is 75.6 Å². The summed E-state index contributed by atoms with van der Waals surface area (Å²) in [6.07, 6.45) is 2.38. The fourth-order valence-electron chi connectivity index (χ4n) is 1.51. The number of nitrogens with one attached hydrogen (secondary N) is 1. The monoisotopic (exact) mass is 247 g/mol. The molecular formula is C10H17NO4S. The van der Waals surface area contributed by atoms with Crippen molar-refractivity contribution in [3.63, 3.8) is 0 Å². The molecule has 1 aliphatic rings. The van der Waals surface area contributed by atoms with Crippen LogP contribution in [0.4, 0.5) is 0 Å². The van der Waals surface area contributed by atoms with Crippen LogP contribution in [0.5, 0.6) is 0 Å². The summed E-state index contributed by atoms with van der Waals surface area (Å²) in [7, 11) is 0. The maximum Gasteiger partial charge on any atom is 0.327 e. The number of thioether (sulfide) groups is 1. The SMILES string of the molecule is CC(=O)N[C@@H](CSCC1CCCO1)C(=O)O. The van der Waals surface area contributed by atoms with Gasteiger partial charge in [-0.15, -0.1) is 0 Å². The van der Waals surface area contributed by atoms with Crippen LogP contribution in [-0.4, -0.2) is 47.2 Å². The van der Waals surface area contributed by atoms with Crippen LogP contribution in [0.25, 0.3) is 0 Å². The van der Waals surface area contributed by atoms with Gasteiger partial charge in [-0.05, 0) is 12.8 Å². The molecule has 1 amide bonds. The van der Waals surface area contributed by atoms with Crippen LogP contribution in [0.3, 0.4) is 0 Å². The Kier molecular flexibility index (Phi) is 5.62. The molecule has 0 aromatic rings. The number of hydrogen-bond donors (Lipinski definition) is 2. The van der Waals surface area contributed by atoms with Gasteiger partial charge in [-0.3, -0.25) is 4.79 Å². The number of carboxylic acid groups (broad SMARTS) is 1. The lowest BCUT2D eigenvalue weighted by molar-refractivity contribution is -0.140. The summed E-state index contributed by atoms with van der Waals surface area (Å²) in [4.78, 5) is 21.6. The summed E-state index contributed by atoms with van der Waals surface area (Å²) in [5.41, 5.74) is 0. The minimum atomic E-state index is -0.991. The Labute approximate surface area is 98.9 Å². The van der Waals surface area contributed by atoms with Gasteiger partial charge in [0.1, 0.15) is 6.04 Å². The first-order valence-corrected chi connectivity index (χ1v) is 6.44. The third-order valence-corrected chi connectivity index (χ3v) is 3.46. The number of ether oxygens (including phenoxy) is 1. The molecule has 1 aliphatic heterocycles. The van der Waals surface area contributed by atoms with Crippen LogP contribution in [-0.2, 0) is 14.3 Å². The van der Waals surface area contributed by atoms with Crippen LogP contribution < -0.4 is 5.32 Å². The van der Waals surface area contributed by atoms with Crippen molar-refractivity contribution >= 4 is 23.6 Å². The van der Waals surface area contributed by atoms with Crippen molar-refractivity contribution in [1.82, 2.24) is 5.32 Å². The number of carbonyl (C=O) groups excluding carboxylic acids is 1. The van der Waals surface area contributed by atoms with Gasteiger partial charge in [-0.1, -0.05) is 0 Å². The van der Waals surface area contributed by atoms with Crippen LogP contribution in [0.15, 0.2) is 0 Å². The molecule has 16 heavy (non-hydrogen) atoms. The minimum absolute atomic E-state index is 0.247. The van der Waals surface area contributed by atoms with Crippen molar-refractivity contribution in [2.24, 2.45) is 0 Å².